The van der Waals surface area contributed by atoms with E-state index in [2.05, 4.69) is 138 Å². The molecule has 0 unspecified atom stereocenters. The van der Waals surface area contributed by atoms with Gasteiger partial charge in [0.1, 0.15) is 0 Å². The zero-order chi connectivity index (χ0) is 36.4. The first-order valence-corrected chi connectivity index (χ1v) is 17.5. The van der Waals surface area contributed by atoms with E-state index >= 15 is 0 Å². The van der Waals surface area contributed by atoms with Crippen LogP contribution in [0.25, 0.3) is 11.3 Å². The molecule has 0 saturated carbocycles. The van der Waals surface area contributed by atoms with Crippen molar-refractivity contribution in [3.63, 3.8) is 0 Å². The fourth-order valence-electron chi connectivity index (χ4n) is 5.75. The first-order chi connectivity index (χ1) is 24.1. The van der Waals surface area contributed by atoms with Gasteiger partial charge in [0, 0.05) is 47.1 Å². The number of pyridine rings is 2. The van der Waals surface area contributed by atoms with Gasteiger partial charge in [0.05, 0.1) is 0 Å². The Morgan fingerprint density at radius 2 is 1.06 bits per heavy atom. The summed E-state index contributed by atoms with van der Waals surface area (Å²) in [4.78, 5) is 11.3. The second-order valence-corrected chi connectivity index (χ2v) is 16.0. The second-order valence-electron chi connectivity index (χ2n) is 16.0. The van der Waals surface area contributed by atoms with E-state index in [1.54, 1.807) is 12.4 Å². The van der Waals surface area contributed by atoms with E-state index in [4.69, 9.17) is 9.47 Å². The maximum absolute atomic E-state index is 6.52. The second kappa shape index (κ2) is 15.5. The number of anilines is 3. The summed E-state index contributed by atoms with van der Waals surface area (Å²) >= 11 is 0. The van der Waals surface area contributed by atoms with E-state index in [1.807, 2.05) is 60.7 Å². The summed E-state index contributed by atoms with van der Waals surface area (Å²) in [6, 6.07) is 43.9. The van der Waals surface area contributed by atoms with E-state index in [9.17, 15) is 0 Å². The Bertz CT molecular complexity index is 2030. The van der Waals surface area contributed by atoms with Crippen LogP contribution in [0.15, 0.2) is 122 Å². The van der Waals surface area contributed by atoms with Crippen molar-refractivity contribution in [1.82, 2.24) is 9.97 Å². The average Bonchev–Trinajstić information content (AvgIpc) is 3.08. The first kappa shape index (κ1) is 38.5. The van der Waals surface area contributed by atoms with Gasteiger partial charge in [-0.25, -0.2) is 4.98 Å². The molecule has 5 nitrogen and oxygen atoms in total. The topological polar surface area (TPSA) is 47.5 Å². The molecule has 0 fully saturated rings. The molecule has 0 aliphatic rings. The van der Waals surface area contributed by atoms with Crippen molar-refractivity contribution < 1.29 is 29.9 Å². The molecular formula is C46H47N3O2Pd. The third kappa shape index (κ3) is 9.37. The molecule has 2 aromatic heterocycles. The van der Waals surface area contributed by atoms with E-state index in [0.29, 0.717) is 23.1 Å². The van der Waals surface area contributed by atoms with Crippen LogP contribution in [0.1, 0.15) is 79.0 Å². The minimum Gasteiger partial charge on any atom is -0.503 e. The van der Waals surface area contributed by atoms with Crippen molar-refractivity contribution in [2.24, 2.45) is 0 Å². The van der Waals surface area contributed by atoms with Crippen molar-refractivity contribution in [3.05, 3.63) is 150 Å². The predicted octanol–water partition coefficient (Wildman–Crippen LogP) is 12.7. The molecule has 0 atom stereocenters. The molecule has 52 heavy (non-hydrogen) atoms. The number of hydrogen-bond donors (Lipinski definition) is 0. The number of rotatable bonds is 8. The van der Waals surface area contributed by atoms with Crippen molar-refractivity contribution in [3.8, 4) is 34.4 Å². The Hall–Kier alpha value is -4.76. The molecule has 6 heteroatoms. The minimum absolute atomic E-state index is 0. The van der Waals surface area contributed by atoms with Crippen LogP contribution in [0.5, 0.6) is 23.1 Å². The maximum Gasteiger partial charge on any atom is 2.00 e. The van der Waals surface area contributed by atoms with Crippen molar-refractivity contribution >= 4 is 17.1 Å². The molecule has 0 N–H and O–H groups in total. The van der Waals surface area contributed by atoms with Gasteiger partial charge in [-0.15, -0.1) is 35.9 Å². The quantitative estimate of drug-likeness (QED) is 0.114. The zero-order valence-corrected chi connectivity index (χ0v) is 33.1. The average molecular weight is 780 g/mol. The molecule has 0 aliphatic carbocycles. The summed E-state index contributed by atoms with van der Waals surface area (Å²) in [6.07, 6.45) is 3.56. The van der Waals surface area contributed by atoms with Gasteiger partial charge >= 0.3 is 20.4 Å². The molecule has 0 saturated heterocycles. The molecule has 6 aromatic rings. The van der Waals surface area contributed by atoms with Crippen LogP contribution in [-0.4, -0.2) is 9.97 Å². The smallest absolute Gasteiger partial charge is 0.503 e. The molecule has 0 aliphatic heterocycles. The predicted molar refractivity (Wildman–Crippen MR) is 209 cm³/mol. The van der Waals surface area contributed by atoms with Crippen LogP contribution in [0, 0.1) is 12.1 Å². The standard InChI is InChI=1S/C46H47N3O2.Pd/c1-44(2,3)33-16-20-36(21-17-33)49(37-22-18-34(19-23-37)45(4,5)6)38-29-40(50-39-14-12-13-32(27-39)42-15-10-11-25-47-42)31-41(30-38)51-43-28-35(24-26-48-43)46(7,8)9;/h10-26,28-30H,1-9H3;/q-2;+2. The van der Waals surface area contributed by atoms with Crippen LogP contribution in [0.3, 0.4) is 0 Å². The molecule has 0 amide bonds. The molecular weight excluding hydrogens is 733 g/mol. The van der Waals surface area contributed by atoms with E-state index in [-0.39, 0.29) is 36.7 Å². The largest absolute Gasteiger partial charge is 2.00 e. The van der Waals surface area contributed by atoms with E-state index in [1.165, 1.54) is 11.1 Å². The summed E-state index contributed by atoms with van der Waals surface area (Å²) in [5.74, 6) is 1.98. The minimum atomic E-state index is -0.0649. The van der Waals surface area contributed by atoms with Crippen LogP contribution in [0.2, 0.25) is 0 Å². The third-order valence-corrected chi connectivity index (χ3v) is 8.79. The van der Waals surface area contributed by atoms with Gasteiger partial charge < -0.3 is 19.4 Å². The Morgan fingerprint density at radius 3 is 1.60 bits per heavy atom. The molecule has 0 bridgehead atoms. The van der Waals surface area contributed by atoms with Gasteiger partial charge in [-0.2, -0.15) is 0 Å². The van der Waals surface area contributed by atoms with Gasteiger partial charge in [-0.3, -0.25) is 0 Å². The summed E-state index contributed by atoms with van der Waals surface area (Å²) in [5.41, 5.74) is 8.14. The monoisotopic (exact) mass is 779 g/mol. The van der Waals surface area contributed by atoms with Crippen molar-refractivity contribution in [2.45, 2.75) is 78.6 Å². The van der Waals surface area contributed by atoms with Gasteiger partial charge in [0.2, 0.25) is 5.88 Å². The molecule has 0 radical (unpaired) electrons. The van der Waals surface area contributed by atoms with Crippen molar-refractivity contribution in [2.75, 3.05) is 4.90 Å². The van der Waals surface area contributed by atoms with Gasteiger partial charge in [-0.1, -0.05) is 117 Å². The molecule has 0 spiro atoms. The van der Waals surface area contributed by atoms with Crippen LogP contribution < -0.4 is 14.4 Å². The van der Waals surface area contributed by atoms with Crippen LogP contribution in [0.4, 0.5) is 17.1 Å². The van der Waals surface area contributed by atoms with Crippen LogP contribution >= 0.6 is 0 Å². The number of benzene rings is 4. The number of aromatic nitrogens is 2. The molecule has 4 aromatic carbocycles. The number of nitrogens with zero attached hydrogens (tertiary/aromatic N) is 3. The van der Waals surface area contributed by atoms with Crippen molar-refractivity contribution in [1.29, 1.82) is 0 Å². The Morgan fingerprint density at radius 1 is 0.481 bits per heavy atom. The zero-order valence-electron chi connectivity index (χ0n) is 31.5. The summed E-state index contributed by atoms with van der Waals surface area (Å²) in [5, 5.41) is 0. The van der Waals surface area contributed by atoms with Gasteiger partial charge in [0.15, 0.2) is 0 Å². The summed E-state index contributed by atoms with van der Waals surface area (Å²) < 4.78 is 13.0. The van der Waals surface area contributed by atoms with E-state index in [0.717, 1.165) is 33.9 Å². The Kier molecular flexibility index (Phi) is 11.4. The first-order valence-electron chi connectivity index (χ1n) is 17.5. The maximum atomic E-state index is 6.52. The van der Waals surface area contributed by atoms with Gasteiger partial charge in [-0.05, 0) is 75.0 Å². The number of hydrogen-bond acceptors (Lipinski definition) is 5. The summed E-state index contributed by atoms with van der Waals surface area (Å²) in [7, 11) is 0. The van der Waals surface area contributed by atoms with Gasteiger partial charge in [0.25, 0.3) is 0 Å². The summed E-state index contributed by atoms with van der Waals surface area (Å²) in [6.45, 7) is 19.9. The Labute approximate surface area is 323 Å². The number of ether oxygens (including phenoxy) is 2. The molecule has 268 valence electrons. The third-order valence-electron chi connectivity index (χ3n) is 8.79. The Balaban J connectivity index is 0.00000523. The molecule has 2 heterocycles. The molecule has 6 rings (SSSR count). The van der Waals surface area contributed by atoms with Crippen LogP contribution in [-0.2, 0) is 36.7 Å². The van der Waals surface area contributed by atoms with E-state index < -0.39 is 0 Å². The fourth-order valence-corrected chi connectivity index (χ4v) is 5.75. The normalized spacial score (nSPS) is 11.8. The fraction of sp³-hybridized carbons (Fsp3) is 0.261. The SMILES string of the molecule is CC(C)(C)c1ccc(N(c2ccc(C(C)(C)C)cc2)c2cc(Oc3[c-]c(-c4ccccn4)ccc3)[c-]c(Oc3cc(C(C)(C)C)ccn3)c2)cc1.[Pd+2].